The van der Waals surface area contributed by atoms with Gasteiger partial charge >= 0.3 is 6.09 Å². The molecule has 1 aliphatic rings. The Kier molecular flexibility index (Phi) is 4.21. The molecule has 0 aromatic heterocycles. The van der Waals surface area contributed by atoms with Crippen molar-refractivity contribution in [1.29, 1.82) is 0 Å². The predicted molar refractivity (Wildman–Crippen MR) is 82.3 cm³/mol. The Bertz CT molecular complexity index is 573. The maximum atomic E-state index is 12.3. The van der Waals surface area contributed by atoms with E-state index >= 15 is 0 Å². The molecule has 5 nitrogen and oxygen atoms in total. The molecule has 1 aromatic rings. The Morgan fingerprint density at radius 3 is 2.71 bits per heavy atom. The van der Waals surface area contributed by atoms with Crippen LogP contribution in [0.15, 0.2) is 23.4 Å². The molecular formula is C16H22N2O3. The minimum atomic E-state index is -0.505. The first kappa shape index (κ1) is 15.4. The Labute approximate surface area is 125 Å². The number of oxime groups is 1. The molecule has 114 valence electrons. The number of hydrogen-bond donors (Lipinski definition) is 1. The third-order valence-electron chi connectivity index (χ3n) is 3.38. The Morgan fingerprint density at radius 2 is 2.10 bits per heavy atom. The van der Waals surface area contributed by atoms with E-state index in [1.807, 2.05) is 39.0 Å². The van der Waals surface area contributed by atoms with Gasteiger partial charge in [-0.2, -0.15) is 0 Å². The van der Waals surface area contributed by atoms with Crippen LogP contribution in [0.2, 0.25) is 0 Å². The summed E-state index contributed by atoms with van der Waals surface area (Å²) in [4.78, 5) is 14.0. The molecule has 2 rings (SSSR count). The average molecular weight is 290 g/mol. The summed E-state index contributed by atoms with van der Waals surface area (Å²) < 4.78 is 5.46. The number of fused-ring (bicyclic) bond motifs is 1. The molecule has 0 bridgehead atoms. The summed E-state index contributed by atoms with van der Waals surface area (Å²) in [7, 11) is 0. The van der Waals surface area contributed by atoms with E-state index < -0.39 is 5.60 Å². The number of rotatable bonds is 1. The van der Waals surface area contributed by atoms with Gasteiger partial charge in [-0.3, -0.25) is 4.90 Å². The van der Waals surface area contributed by atoms with Gasteiger partial charge in [-0.1, -0.05) is 11.2 Å². The van der Waals surface area contributed by atoms with Crippen molar-refractivity contribution in [2.45, 2.75) is 46.1 Å². The van der Waals surface area contributed by atoms with Crippen LogP contribution in [0.25, 0.3) is 0 Å². The van der Waals surface area contributed by atoms with Crippen LogP contribution in [0.3, 0.4) is 0 Å². The minimum Gasteiger partial charge on any atom is -0.443 e. The molecule has 1 N–H and O–H groups in total. The van der Waals surface area contributed by atoms with Gasteiger partial charge in [0.05, 0.1) is 11.4 Å². The third kappa shape index (κ3) is 3.54. The number of benzene rings is 1. The van der Waals surface area contributed by atoms with Crippen molar-refractivity contribution in [1.82, 2.24) is 0 Å². The van der Waals surface area contributed by atoms with Crippen LogP contribution in [-0.4, -0.2) is 29.2 Å². The van der Waals surface area contributed by atoms with Crippen molar-refractivity contribution in [3.8, 4) is 0 Å². The number of hydrogen-bond acceptors (Lipinski definition) is 4. The van der Waals surface area contributed by atoms with Crippen LogP contribution < -0.4 is 4.90 Å². The van der Waals surface area contributed by atoms with Crippen molar-refractivity contribution in [2.75, 3.05) is 11.4 Å². The monoisotopic (exact) mass is 290 g/mol. The quantitative estimate of drug-likeness (QED) is 0.488. The third-order valence-corrected chi connectivity index (χ3v) is 3.38. The zero-order valence-corrected chi connectivity index (χ0v) is 13.0. The fourth-order valence-electron chi connectivity index (χ4n) is 2.39. The highest BCUT2D eigenvalue weighted by atomic mass is 16.6. The maximum Gasteiger partial charge on any atom is 0.414 e. The fraction of sp³-hybridized carbons (Fsp3) is 0.500. The van der Waals surface area contributed by atoms with E-state index in [2.05, 4.69) is 5.16 Å². The number of amides is 1. The highest BCUT2D eigenvalue weighted by molar-refractivity contribution is 5.99. The zero-order chi connectivity index (χ0) is 15.6. The molecule has 0 atom stereocenters. The fourth-order valence-corrected chi connectivity index (χ4v) is 2.39. The molecule has 1 amide bonds. The first-order chi connectivity index (χ1) is 9.81. The van der Waals surface area contributed by atoms with Gasteiger partial charge in [-0.25, -0.2) is 4.79 Å². The lowest BCUT2D eigenvalue weighted by atomic mass is 9.98. The second-order valence-corrected chi connectivity index (χ2v) is 6.26. The molecule has 0 radical (unpaired) electrons. The highest BCUT2D eigenvalue weighted by Crippen LogP contribution is 2.29. The van der Waals surface area contributed by atoms with Gasteiger partial charge in [0.1, 0.15) is 5.60 Å². The van der Waals surface area contributed by atoms with E-state index in [-0.39, 0.29) is 6.09 Å². The highest BCUT2D eigenvalue weighted by Gasteiger charge is 2.27. The van der Waals surface area contributed by atoms with Crippen molar-refractivity contribution < 1.29 is 14.7 Å². The Hall–Kier alpha value is -2.04. The second-order valence-electron chi connectivity index (χ2n) is 6.26. The number of carbonyl (C=O) groups excluding carboxylic acids is 1. The molecule has 0 spiro atoms. The van der Waals surface area contributed by atoms with E-state index in [1.54, 1.807) is 11.8 Å². The number of aryl methyl sites for hydroxylation is 1. The van der Waals surface area contributed by atoms with Gasteiger partial charge in [0.2, 0.25) is 0 Å². The van der Waals surface area contributed by atoms with Crippen molar-refractivity contribution in [2.24, 2.45) is 5.16 Å². The average Bonchev–Trinajstić information content (AvgIpc) is 2.43. The van der Waals surface area contributed by atoms with Crippen molar-refractivity contribution in [3.05, 3.63) is 29.3 Å². The summed E-state index contributed by atoms with van der Waals surface area (Å²) >= 11 is 0. The van der Waals surface area contributed by atoms with E-state index in [4.69, 9.17) is 9.94 Å². The molecular weight excluding hydrogens is 268 g/mol. The zero-order valence-electron chi connectivity index (χ0n) is 13.0. The van der Waals surface area contributed by atoms with Gasteiger partial charge in [0.15, 0.2) is 0 Å². The molecule has 21 heavy (non-hydrogen) atoms. The first-order valence-corrected chi connectivity index (χ1v) is 7.14. The smallest absolute Gasteiger partial charge is 0.414 e. The molecule has 1 aromatic carbocycles. The number of carbonyl (C=O) groups is 1. The van der Waals surface area contributed by atoms with Gasteiger partial charge in [0.25, 0.3) is 0 Å². The topological polar surface area (TPSA) is 62.1 Å². The summed E-state index contributed by atoms with van der Waals surface area (Å²) in [6, 6.07) is 5.72. The van der Waals surface area contributed by atoms with Crippen LogP contribution in [0.1, 0.15) is 45.2 Å². The van der Waals surface area contributed by atoms with Crippen molar-refractivity contribution >= 4 is 17.5 Å². The van der Waals surface area contributed by atoms with Gasteiger partial charge < -0.3 is 9.94 Å². The normalized spacial score (nSPS) is 15.6. The van der Waals surface area contributed by atoms with E-state index in [0.717, 1.165) is 29.7 Å². The van der Waals surface area contributed by atoms with Crippen LogP contribution in [0.5, 0.6) is 0 Å². The molecule has 1 heterocycles. The van der Waals surface area contributed by atoms with Crippen LogP contribution in [-0.2, 0) is 11.2 Å². The predicted octanol–water partition coefficient (Wildman–Crippen LogP) is 3.57. The van der Waals surface area contributed by atoms with Gasteiger partial charge in [-0.05, 0) is 63.8 Å². The number of nitrogens with zero attached hydrogens (tertiary/aromatic N) is 2. The van der Waals surface area contributed by atoms with Gasteiger partial charge in [-0.15, -0.1) is 0 Å². The lowest BCUT2D eigenvalue weighted by Gasteiger charge is -2.31. The molecule has 0 saturated carbocycles. The largest absolute Gasteiger partial charge is 0.443 e. The second kappa shape index (κ2) is 5.76. The Balaban J connectivity index is 2.30. The minimum absolute atomic E-state index is 0.316. The summed E-state index contributed by atoms with van der Waals surface area (Å²) in [5.41, 5.74) is 2.88. The molecule has 1 aliphatic heterocycles. The number of ether oxygens (including phenoxy) is 1. The molecule has 0 aliphatic carbocycles. The molecule has 0 fully saturated rings. The molecule has 0 saturated heterocycles. The van der Waals surface area contributed by atoms with E-state index in [1.165, 1.54) is 0 Å². The first-order valence-electron chi connectivity index (χ1n) is 7.14. The summed E-state index contributed by atoms with van der Waals surface area (Å²) in [5.74, 6) is 0. The lowest BCUT2D eigenvalue weighted by molar-refractivity contribution is 0.0578. The summed E-state index contributed by atoms with van der Waals surface area (Å²) in [5, 5.41) is 12.1. The van der Waals surface area contributed by atoms with Crippen molar-refractivity contribution in [3.63, 3.8) is 0 Å². The standard InChI is InChI=1S/C16H22N2O3/c1-11(17-20)12-7-8-14-13(10-12)6-5-9-18(14)15(19)21-16(2,3)4/h7-8,10,20H,5-6,9H2,1-4H3/b17-11+. The van der Waals surface area contributed by atoms with E-state index in [0.29, 0.717) is 12.3 Å². The van der Waals surface area contributed by atoms with Crippen LogP contribution in [0.4, 0.5) is 10.5 Å². The lowest BCUT2D eigenvalue weighted by Crippen LogP contribution is -2.39. The summed E-state index contributed by atoms with van der Waals surface area (Å²) in [6.07, 6.45) is 1.48. The summed E-state index contributed by atoms with van der Waals surface area (Å²) in [6.45, 7) is 7.99. The SMILES string of the molecule is C/C(=N\O)c1ccc2c(c1)CCCN2C(=O)OC(C)(C)C. The van der Waals surface area contributed by atoms with Crippen LogP contribution >= 0.6 is 0 Å². The molecule has 5 heteroatoms. The number of anilines is 1. The van der Waals surface area contributed by atoms with Gasteiger partial charge in [0, 0.05) is 6.54 Å². The maximum absolute atomic E-state index is 12.3. The molecule has 0 unspecified atom stereocenters. The Morgan fingerprint density at radius 1 is 1.38 bits per heavy atom. The van der Waals surface area contributed by atoms with Crippen LogP contribution in [0, 0.1) is 0 Å². The van der Waals surface area contributed by atoms with E-state index in [9.17, 15) is 4.79 Å².